The van der Waals surface area contributed by atoms with Crippen molar-refractivity contribution in [2.75, 3.05) is 13.2 Å². The average Bonchev–Trinajstić information content (AvgIpc) is 2.80. The van der Waals surface area contributed by atoms with Gasteiger partial charge in [-0.3, -0.25) is 0 Å². The summed E-state index contributed by atoms with van der Waals surface area (Å²) >= 11 is 0. The molecule has 1 unspecified atom stereocenters. The highest BCUT2D eigenvalue weighted by Gasteiger charge is 2.18. The van der Waals surface area contributed by atoms with Crippen molar-refractivity contribution in [1.82, 2.24) is 0 Å². The Morgan fingerprint density at radius 2 is 2.41 bits per heavy atom. The standard InChI is InChI=1S/C12H13FO4/c13-11-8(2-1-3-10(11)12(14)15)6-17-9-4-5-16-7-9/h1-3,9H,4-7H2,(H,14,15). The molecular formula is C12H13FO4. The summed E-state index contributed by atoms with van der Waals surface area (Å²) in [7, 11) is 0. The number of carboxylic acid groups (broad SMARTS) is 1. The summed E-state index contributed by atoms with van der Waals surface area (Å²) in [6.07, 6.45) is 0.767. The van der Waals surface area contributed by atoms with E-state index >= 15 is 0 Å². The van der Waals surface area contributed by atoms with Crippen LogP contribution in [-0.2, 0) is 16.1 Å². The molecule has 1 aliphatic heterocycles. The fourth-order valence-corrected chi connectivity index (χ4v) is 1.71. The summed E-state index contributed by atoms with van der Waals surface area (Å²) in [4.78, 5) is 10.7. The van der Waals surface area contributed by atoms with Gasteiger partial charge in [-0.15, -0.1) is 0 Å². The Bertz CT molecular complexity index is 413. The fourth-order valence-electron chi connectivity index (χ4n) is 1.71. The van der Waals surface area contributed by atoms with Crippen LogP contribution in [0.3, 0.4) is 0 Å². The lowest BCUT2D eigenvalue weighted by atomic mass is 10.1. The number of ether oxygens (including phenoxy) is 2. The van der Waals surface area contributed by atoms with E-state index in [2.05, 4.69) is 0 Å². The number of carboxylic acids is 1. The van der Waals surface area contributed by atoms with Gasteiger partial charge in [0.2, 0.25) is 0 Å². The molecule has 1 N–H and O–H groups in total. The zero-order chi connectivity index (χ0) is 12.3. The molecule has 0 radical (unpaired) electrons. The fraction of sp³-hybridized carbons (Fsp3) is 0.417. The molecule has 0 bridgehead atoms. The molecule has 17 heavy (non-hydrogen) atoms. The Balaban J connectivity index is 2.04. The number of rotatable bonds is 4. The minimum Gasteiger partial charge on any atom is -0.478 e. The third-order valence-corrected chi connectivity index (χ3v) is 2.67. The van der Waals surface area contributed by atoms with E-state index in [0.717, 1.165) is 6.42 Å². The van der Waals surface area contributed by atoms with Crippen LogP contribution in [0.5, 0.6) is 0 Å². The Kier molecular flexibility index (Phi) is 3.71. The molecule has 1 aromatic carbocycles. The van der Waals surface area contributed by atoms with E-state index < -0.39 is 11.8 Å². The van der Waals surface area contributed by atoms with Crippen LogP contribution < -0.4 is 0 Å². The Labute approximate surface area is 98.0 Å². The van der Waals surface area contributed by atoms with E-state index in [1.54, 1.807) is 0 Å². The lowest BCUT2D eigenvalue weighted by Gasteiger charge is -2.11. The SMILES string of the molecule is O=C(O)c1cccc(COC2CCOC2)c1F. The van der Waals surface area contributed by atoms with E-state index in [9.17, 15) is 9.18 Å². The molecule has 1 fully saturated rings. The molecule has 1 aliphatic rings. The van der Waals surface area contributed by atoms with E-state index in [4.69, 9.17) is 14.6 Å². The van der Waals surface area contributed by atoms with Crippen LogP contribution in [0.1, 0.15) is 22.3 Å². The normalized spacial score (nSPS) is 19.5. The lowest BCUT2D eigenvalue weighted by molar-refractivity contribution is 0.0303. The largest absolute Gasteiger partial charge is 0.478 e. The highest BCUT2D eigenvalue weighted by atomic mass is 19.1. The molecule has 1 saturated heterocycles. The van der Waals surface area contributed by atoms with Crippen molar-refractivity contribution in [2.45, 2.75) is 19.1 Å². The smallest absolute Gasteiger partial charge is 0.338 e. The number of aromatic carboxylic acids is 1. The molecule has 4 nitrogen and oxygen atoms in total. The molecule has 1 atom stereocenters. The summed E-state index contributed by atoms with van der Waals surface area (Å²) in [5.74, 6) is -1.99. The van der Waals surface area contributed by atoms with Crippen molar-refractivity contribution >= 4 is 5.97 Å². The van der Waals surface area contributed by atoms with Crippen molar-refractivity contribution in [1.29, 1.82) is 0 Å². The molecule has 92 valence electrons. The molecule has 0 amide bonds. The van der Waals surface area contributed by atoms with Crippen LogP contribution in [0, 0.1) is 5.82 Å². The maximum Gasteiger partial charge on any atom is 0.338 e. The molecule has 0 aliphatic carbocycles. The van der Waals surface area contributed by atoms with Crippen LogP contribution in [0.2, 0.25) is 0 Å². The summed E-state index contributed by atoms with van der Waals surface area (Å²) in [6, 6.07) is 4.27. The van der Waals surface area contributed by atoms with Crippen LogP contribution in [0.4, 0.5) is 4.39 Å². The third kappa shape index (κ3) is 2.81. The van der Waals surface area contributed by atoms with Gasteiger partial charge in [0.25, 0.3) is 0 Å². The average molecular weight is 240 g/mol. The Hall–Kier alpha value is -1.46. The Morgan fingerprint density at radius 3 is 3.06 bits per heavy atom. The van der Waals surface area contributed by atoms with Gasteiger partial charge in [0.15, 0.2) is 0 Å². The van der Waals surface area contributed by atoms with Gasteiger partial charge in [0.1, 0.15) is 5.82 Å². The summed E-state index contributed by atoms with van der Waals surface area (Å²) in [5.41, 5.74) is -0.0643. The molecular weight excluding hydrogens is 227 g/mol. The topological polar surface area (TPSA) is 55.8 Å². The number of halogens is 1. The second-order valence-electron chi connectivity index (χ2n) is 3.88. The molecule has 1 aromatic rings. The van der Waals surface area contributed by atoms with Gasteiger partial charge in [-0.1, -0.05) is 12.1 Å². The lowest BCUT2D eigenvalue weighted by Crippen LogP contribution is -2.13. The van der Waals surface area contributed by atoms with Gasteiger partial charge in [-0.2, -0.15) is 0 Å². The van der Waals surface area contributed by atoms with Crippen LogP contribution in [-0.4, -0.2) is 30.4 Å². The molecule has 5 heteroatoms. The first-order chi connectivity index (χ1) is 8.18. The summed E-state index contributed by atoms with van der Waals surface area (Å²) in [6.45, 7) is 1.24. The van der Waals surface area contributed by atoms with Crippen molar-refractivity contribution in [3.8, 4) is 0 Å². The minimum absolute atomic E-state index is 0.0251. The van der Waals surface area contributed by atoms with E-state index in [1.165, 1.54) is 18.2 Å². The van der Waals surface area contributed by atoms with Crippen LogP contribution in [0.15, 0.2) is 18.2 Å². The van der Waals surface area contributed by atoms with Crippen LogP contribution in [0.25, 0.3) is 0 Å². The first-order valence-electron chi connectivity index (χ1n) is 5.38. The number of hydrogen-bond acceptors (Lipinski definition) is 3. The van der Waals surface area contributed by atoms with Crippen molar-refractivity contribution < 1.29 is 23.8 Å². The zero-order valence-corrected chi connectivity index (χ0v) is 9.19. The Morgan fingerprint density at radius 1 is 1.59 bits per heavy atom. The van der Waals surface area contributed by atoms with Gasteiger partial charge < -0.3 is 14.6 Å². The molecule has 1 heterocycles. The van der Waals surface area contributed by atoms with E-state index in [0.29, 0.717) is 13.2 Å². The highest BCUT2D eigenvalue weighted by molar-refractivity contribution is 5.88. The first-order valence-corrected chi connectivity index (χ1v) is 5.38. The second kappa shape index (κ2) is 5.25. The predicted octanol–water partition coefficient (Wildman–Crippen LogP) is 1.83. The second-order valence-corrected chi connectivity index (χ2v) is 3.88. The minimum atomic E-state index is -1.27. The third-order valence-electron chi connectivity index (χ3n) is 2.67. The maximum absolute atomic E-state index is 13.7. The summed E-state index contributed by atoms with van der Waals surface area (Å²) < 4.78 is 24.3. The molecule has 0 aromatic heterocycles. The van der Waals surface area contributed by atoms with Crippen molar-refractivity contribution in [3.05, 3.63) is 35.1 Å². The van der Waals surface area contributed by atoms with Gasteiger partial charge >= 0.3 is 5.97 Å². The number of hydrogen-bond donors (Lipinski definition) is 1. The van der Waals surface area contributed by atoms with Gasteiger partial charge in [-0.25, -0.2) is 9.18 Å². The van der Waals surface area contributed by atoms with E-state index in [-0.39, 0.29) is 23.8 Å². The summed E-state index contributed by atoms with van der Waals surface area (Å²) in [5, 5.41) is 8.77. The van der Waals surface area contributed by atoms with Gasteiger partial charge in [0.05, 0.1) is 24.9 Å². The van der Waals surface area contributed by atoms with Crippen molar-refractivity contribution in [3.63, 3.8) is 0 Å². The number of benzene rings is 1. The molecule has 0 spiro atoms. The monoisotopic (exact) mass is 240 g/mol. The van der Waals surface area contributed by atoms with Gasteiger partial charge in [0, 0.05) is 12.2 Å². The maximum atomic E-state index is 13.7. The zero-order valence-electron chi connectivity index (χ0n) is 9.19. The molecule has 2 rings (SSSR count). The predicted molar refractivity (Wildman–Crippen MR) is 57.4 cm³/mol. The van der Waals surface area contributed by atoms with Crippen LogP contribution >= 0.6 is 0 Å². The number of carbonyl (C=O) groups is 1. The molecule has 0 saturated carbocycles. The highest BCUT2D eigenvalue weighted by Crippen LogP contribution is 2.16. The van der Waals surface area contributed by atoms with E-state index in [1.807, 2.05) is 0 Å². The van der Waals surface area contributed by atoms with Gasteiger partial charge in [-0.05, 0) is 12.5 Å². The van der Waals surface area contributed by atoms with Crippen molar-refractivity contribution in [2.24, 2.45) is 0 Å². The first kappa shape index (κ1) is 12.0. The quantitative estimate of drug-likeness (QED) is 0.872.